The Labute approximate surface area is 127 Å². The first-order valence-corrected chi connectivity index (χ1v) is 8.98. The van der Waals surface area contributed by atoms with E-state index in [2.05, 4.69) is 25.1 Å². The number of nitrogens with one attached hydrogen (secondary N) is 1. The van der Waals surface area contributed by atoms with Gasteiger partial charge in [0, 0.05) is 12.5 Å². The SMILES string of the molecule is C#CCCCC(NCCC)C1CCC(CCCC)CC1. The molecule has 0 spiro atoms. The fraction of sp³-hybridized carbons (Fsp3) is 0.895. The molecule has 1 saturated carbocycles. The standard InChI is InChI=1S/C19H35N/c1-4-7-9-11-19(20-16-6-3)18-14-12-17(13-15-18)10-8-5-2/h1,17-20H,5-16H2,2-3H3. The molecule has 1 atom stereocenters. The van der Waals surface area contributed by atoms with E-state index in [1.165, 1.54) is 64.2 Å². The average molecular weight is 277 g/mol. The number of hydrogen-bond acceptors (Lipinski definition) is 1. The highest BCUT2D eigenvalue weighted by atomic mass is 14.9. The van der Waals surface area contributed by atoms with Gasteiger partial charge < -0.3 is 5.32 Å². The first-order chi connectivity index (χ1) is 9.81. The number of terminal acetylenes is 1. The van der Waals surface area contributed by atoms with Crippen LogP contribution in [0.15, 0.2) is 0 Å². The zero-order valence-corrected chi connectivity index (χ0v) is 13.8. The number of rotatable bonds is 10. The van der Waals surface area contributed by atoms with Gasteiger partial charge >= 0.3 is 0 Å². The summed E-state index contributed by atoms with van der Waals surface area (Å²) in [4.78, 5) is 0. The van der Waals surface area contributed by atoms with E-state index in [1.807, 2.05) is 0 Å². The van der Waals surface area contributed by atoms with Crippen molar-refractivity contribution >= 4 is 0 Å². The Morgan fingerprint density at radius 3 is 2.45 bits per heavy atom. The third-order valence-electron chi connectivity index (χ3n) is 4.92. The second-order valence-corrected chi connectivity index (χ2v) is 6.58. The Hall–Kier alpha value is -0.480. The summed E-state index contributed by atoms with van der Waals surface area (Å²) in [6, 6.07) is 0.718. The van der Waals surface area contributed by atoms with Crippen LogP contribution in [0.25, 0.3) is 0 Å². The highest BCUT2D eigenvalue weighted by Gasteiger charge is 2.26. The van der Waals surface area contributed by atoms with E-state index in [0.29, 0.717) is 0 Å². The van der Waals surface area contributed by atoms with E-state index in [-0.39, 0.29) is 0 Å². The Morgan fingerprint density at radius 2 is 1.85 bits per heavy atom. The summed E-state index contributed by atoms with van der Waals surface area (Å²) >= 11 is 0. The molecule has 0 radical (unpaired) electrons. The van der Waals surface area contributed by atoms with Crippen LogP contribution < -0.4 is 5.32 Å². The minimum atomic E-state index is 0.718. The molecule has 0 aliphatic heterocycles. The molecule has 0 aromatic heterocycles. The van der Waals surface area contributed by atoms with Crippen LogP contribution in [0.1, 0.15) is 84.5 Å². The summed E-state index contributed by atoms with van der Waals surface area (Å²) in [6.45, 7) is 5.73. The lowest BCUT2D eigenvalue weighted by Crippen LogP contribution is -2.38. The van der Waals surface area contributed by atoms with Gasteiger partial charge in [0.1, 0.15) is 0 Å². The van der Waals surface area contributed by atoms with Crippen molar-refractivity contribution in [1.82, 2.24) is 5.32 Å². The van der Waals surface area contributed by atoms with Gasteiger partial charge in [-0.25, -0.2) is 0 Å². The Balaban J connectivity index is 2.33. The highest BCUT2D eigenvalue weighted by Crippen LogP contribution is 2.34. The third kappa shape index (κ3) is 6.80. The van der Waals surface area contributed by atoms with E-state index in [0.717, 1.165) is 30.8 Å². The molecule has 20 heavy (non-hydrogen) atoms. The third-order valence-corrected chi connectivity index (χ3v) is 4.92. The molecule has 1 aliphatic rings. The molecule has 1 N–H and O–H groups in total. The van der Waals surface area contributed by atoms with Gasteiger partial charge in [-0.2, -0.15) is 0 Å². The van der Waals surface area contributed by atoms with Crippen molar-refractivity contribution in [2.45, 2.75) is 90.5 Å². The van der Waals surface area contributed by atoms with E-state index >= 15 is 0 Å². The average Bonchev–Trinajstić information content (AvgIpc) is 2.49. The smallest absolute Gasteiger partial charge is 0.00956 e. The molecule has 1 fully saturated rings. The number of unbranched alkanes of at least 4 members (excludes halogenated alkanes) is 2. The predicted molar refractivity (Wildman–Crippen MR) is 89.7 cm³/mol. The molecule has 0 amide bonds. The molecule has 1 unspecified atom stereocenters. The maximum Gasteiger partial charge on any atom is 0.00956 e. The second kappa shape index (κ2) is 11.2. The van der Waals surface area contributed by atoms with Gasteiger partial charge in [0.25, 0.3) is 0 Å². The van der Waals surface area contributed by atoms with Crippen LogP contribution >= 0.6 is 0 Å². The predicted octanol–water partition coefficient (Wildman–Crippen LogP) is 5.15. The molecule has 1 nitrogen and oxygen atoms in total. The molecule has 0 bridgehead atoms. The van der Waals surface area contributed by atoms with Crippen molar-refractivity contribution in [2.75, 3.05) is 6.54 Å². The van der Waals surface area contributed by atoms with E-state index in [1.54, 1.807) is 0 Å². The fourth-order valence-corrected chi connectivity index (χ4v) is 3.63. The summed E-state index contributed by atoms with van der Waals surface area (Å²) in [5.74, 6) is 4.70. The summed E-state index contributed by atoms with van der Waals surface area (Å²) in [6.07, 6.45) is 20.1. The topological polar surface area (TPSA) is 12.0 Å². The first-order valence-electron chi connectivity index (χ1n) is 8.98. The Bertz CT molecular complexity index is 257. The zero-order valence-electron chi connectivity index (χ0n) is 13.8. The Kier molecular flexibility index (Phi) is 9.85. The summed E-state index contributed by atoms with van der Waals surface area (Å²) < 4.78 is 0. The first kappa shape index (κ1) is 17.6. The van der Waals surface area contributed by atoms with Crippen molar-refractivity contribution in [3.63, 3.8) is 0 Å². The minimum absolute atomic E-state index is 0.718. The van der Waals surface area contributed by atoms with Crippen LogP contribution in [0, 0.1) is 24.2 Å². The van der Waals surface area contributed by atoms with Crippen LogP contribution in [0.5, 0.6) is 0 Å². The van der Waals surface area contributed by atoms with Crippen molar-refractivity contribution in [3.8, 4) is 12.3 Å². The molecule has 1 heteroatoms. The molecular weight excluding hydrogens is 242 g/mol. The maximum atomic E-state index is 5.39. The van der Waals surface area contributed by atoms with Gasteiger partial charge in [-0.3, -0.25) is 0 Å². The molecule has 0 saturated heterocycles. The lowest BCUT2D eigenvalue weighted by molar-refractivity contribution is 0.204. The lowest BCUT2D eigenvalue weighted by atomic mass is 9.76. The minimum Gasteiger partial charge on any atom is -0.314 e. The highest BCUT2D eigenvalue weighted by molar-refractivity contribution is 4.86. The normalized spacial score (nSPS) is 24.2. The fourth-order valence-electron chi connectivity index (χ4n) is 3.63. The van der Waals surface area contributed by atoms with Crippen LogP contribution in [0.4, 0.5) is 0 Å². The molecule has 0 aromatic rings. The lowest BCUT2D eigenvalue weighted by Gasteiger charge is -2.34. The van der Waals surface area contributed by atoms with Crippen molar-refractivity contribution in [2.24, 2.45) is 11.8 Å². The summed E-state index contributed by atoms with van der Waals surface area (Å²) in [5.41, 5.74) is 0. The molecule has 116 valence electrons. The largest absolute Gasteiger partial charge is 0.314 e. The van der Waals surface area contributed by atoms with Crippen LogP contribution in [-0.4, -0.2) is 12.6 Å². The summed E-state index contributed by atoms with van der Waals surface area (Å²) in [7, 11) is 0. The Morgan fingerprint density at radius 1 is 1.10 bits per heavy atom. The molecule has 1 rings (SSSR count). The van der Waals surface area contributed by atoms with Gasteiger partial charge in [-0.1, -0.05) is 46.0 Å². The quantitative estimate of drug-likeness (QED) is 0.430. The number of hydrogen-bond donors (Lipinski definition) is 1. The second-order valence-electron chi connectivity index (χ2n) is 6.58. The molecule has 0 aromatic carbocycles. The zero-order chi connectivity index (χ0) is 14.6. The monoisotopic (exact) mass is 277 g/mol. The van der Waals surface area contributed by atoms with Gasteiger partial charge in [0.2, 0.25) is 0 Å². The van der Waals surface area contributed by atoms with Crippen molar-refractivity contribution < 1.29 is 0 Å². The molecule has 0 heterocycles. The van der Waals surface area contributed by atoms with Crippen LogP contribution in [0.3, 0.4) is 0 Å². The van der Waals surface area contributed by atoms with Gasteiger partial charge in [-0.15, -0.1) is 12.3 Å². The van der Waals surface area contributed by atoms with Gasteiger partial charge in [-0.05, 0) is 50.5 Å². The molecule has 1 aliphatic carbocycles. The van der Waals surface area contributed by atoms with E-state index in [4.69, 9.17) is 6.42 Å². The summed E-state index contributed by atoms with van der Waals surface area (Å²) in [5, 5.41) is 3.79. The van der Waals surface area contributed by atoms with Gasteiger partial charge in [0.05, 0.1) is 0 Å². The van der Waals surface area contributed by atoms with Crippen molar-refractivity contribution in [1.29, 1.82) is 0 Å². The molecular formula is C19H35N. The van der Waals surface area contributed by atoms with Crippen LogP contribution in [-0.2, 0) is 0 Å². The van der Waals surface area contributed by atoms with E-state index < -0.39 is 0 Å². The van der Waals surface area contributed by atoms with Crippen molar-refractivity contribution in [3.05, 3.63) is 0 Å². The van der Waals surface area contributed by atoms with Crippen LogP contribution in [0.2, 0.25) is 0 Å². The van der Waals surface area contributed by atoms with E-state index in [9.17, 15) is 0 Å². The van der Waals surface area contributed by atoms with Gasteiger partial charge in [0.15, 0.2) is 0 Å². The maximum absolute atomic E-state index is 5.39.